The normalized spacial score (nSPS) is 18.5. The van der Waals surface area contributed by atoms with Crippen LogP contribution in [-0.4, -0.2) is 5.91 Å². The molecule has 1 amide bonds. The van der Waals surface area contributed by atoms with Crippen molar-refractivity contribution in [1.29, 1.82) is 0 Å². The summed E-state index contributed by atoms with van der Waals surface area (Å²) in [6.45, 7) is 1.99. The molecule has 2 N–H and O–H groups in total. The van der Waals surface area contributed by atoms with Crippen molar-refractivity contribution in [3.05, 3.63) is 65.5 Å². The molecule has 0 saturated heterocycles. The monoisotopic (exact) mass is 270 g/mol. The third-order valence-electron chi connectivity index (χ3n) is 3.56. The van der Waals surface area contributed by atoms with Crippen molar-refractivity contribution in [1.82, 2.24) is 5.32 Å². The molecular formula is C16H15FN2O. The van der Waals surface area contributed by atoms with E-state index in [2.05, 4.69) is 10.6 Å². The Bertz CT molecular complexity index is 642. The highest BCUT2D eigenvalue weighted by Gasteiger charge is 2.31. The molecule has 2 atom stereocenters. The number of hydrogen-bond acceptors (Lipinski definition) is 2. The van der Waals surface area contributed by atoms with E-state index in [0.717, 1.165) is 5.56 Å². The first-order valence-corrected chi connectivity index (χ1v) is 6.56. The summed E-state index contributed by atoms with van der Waals surface area (Å²) in [6, 6.07) is 13.7. The van der Waals surface area contributed by atoms with Gasteiger partial charge in [0.15, 0.2) is 0 Å². The number of rotatable bonds is 3. The minimum Gasteiger partial charge on any atom is -0.324 e. The van der Waals surface area contributed by atoms with Crippen LogP contribution in [0.3, 0.4) is 0 Å². The summed E-state index contributed by atoms with van der Waals surface area (Å²) in [5, 5.41) is 6.01. The van der Waals surface area contributed by atoms with Gasteiger partial charge in [0, 0.05) is 17.3 Å². The zero-order valence-electron chi connectivity index (χ0n) is 11.1. The molecule has 4 heteroatoms. The molecule has 0 aliphatic carbocycles. The second kappa shape index (κ2) is 5.06. The van der Waals surface area contributed by atoms with Crippen LogP contribution in [0.25, 0.3) is 0 Å². The van der Waals surface area contributed by atoms with Crippen LogP contribution in [0.1, 0.15) is 30.1 Å². The SMILES string of the molecule is CC(NC1C(=O)Nc2ccc(F)cc21)c1ccccc1. The quantitative estimate of drug-likeness (QED) is 0.899. The second-order valence-corrected chi connectivity index (χ2v) is 4.95. The minimum atomic E-state index is -0.518. The lowest BCUT2D eigenvalue weighted by molar-refractivity contribution is -0.117. The molecule has 20 heavy (non-hydrogen) atoms. The van der Waals surface area contributed by atoms with E-state index in [0.29, 0.717) is 11.3 Å². The zero-order valence-corrected chi connectivity index (χ0v) is 11.1. The average molecular weight is 270 g/mol. The van der Waals surface area contributed by atoms with Gasteiger partial charge < -0.3 is 5.32 Å². The molecule has 3 nitrogen and oxygen atoms in total. The Morgan fingerprint density at radius 3 is 2.70 bits per heavy atom. The number of carbonyl (C=O) groups excluding carboxylic acids is 1. The lowest BCUT2D eigenvalue weighted by Gasteiger charge is -2.18. The lowest BCUT2D eigenvalue weighted by Crippen LogP contribution is -2.29. The summed E-state index contributed by atoms with van der Waals surface area (Å²) in [5.41, 5.74) is 2.43. The Morgan fingerprint density at radius 2 is 1.95 bits per heavy atom. The van der Waals surface area contributed by atoms with Gasteiger partial charge in [-0.3, -0.25) is 10.1 Å². The summed E-state index contributed by atoms with van der Waals surface area (Å²) in [5.74, 6) is -0.479. The Labute approximate surface area is 116 Å². The number of amides is 1. The number of halogens is 1. The summed E-state index contributed by atoms with van der Waals surface area (Å²) in [7, 11) is 0. The molecule has 0 radical (unpaired) electrons. The Balaban J connectivity index is 1.85. The fraction of sp³-hybridized carbons (Fsp3) is 0.188. The summed E-state index contributed by atoms with van der Waals surface area (Å²) >= 11 is 0. The van der Waals surface area contributed by atoms with Gasteiger partial charge in [-0.1, -0.05) is 30.3 Å². The van der Waals surface area contributed by atoms with Crippen LogP contribution in [0.4, 0.5) is 10.1 Å². The predicted molar refractivity (Wildman–Crippen MR) is 75.8 cm³/mol. The fourth-order valence-electron chi connectivity index (χ4n) is 2.49. The van der Waals surface area contributed by atoms with Gasteiger partial charge in [-0.05, 0) is 30.7 Å². The molecule has 0 saturated carbocycles. The molecule has 0 aromatic heterocycles. The summed E-state index contributed by atoms with van der Waals surface area (Å²) in [4.78, 5) is 12.0. The van der Waals surface area contributed by atoms with Crippen LogP contribution >= 0.6 is 0 Å². The van der Waals surface area contributed by atoms with Crippen molar-refractivity contribution in [2.24, 2.45) is 0 Å². The van der Waals surface area contributed by atoms with E-state index in [4.69, 9.17) is 0 Å². The predicted octanol–water partition coefficient (Wildman–Crippen LogP) is 3.17. The molecule has 0 fully saturated rings. The maximum atomic E-state index is 13.4. The lowest BCUT2D eigenvalue weighted by atomic mass is 10.0. The van der Waals surface area contributed by atoms with Crippen molar-refractivity contribution in [2.45, 2.75) is 19.0 Å². The third kappa shape index (κ3) is 2.30. The molecule has 2 unspecified atom stereocenters. The molecule has 2 aromatic rings. The molecule has 1 aliphatic rings. The van der Waals surface area contributed by atoms with Gasteiger partial charge in [-0.25, -0.2) is 4.39 Å². The van der Waals surface area contributed by atoms with Crippen molar-refractivity contribution in [3.8, 4) is 0 Å². The van der Waals surface area contributed by atoms with Crippen molar-refractivity contribution in [2.75, 3.05) is 5.32 Å². The van der Waals surface area contributed by atoms with Gasteiger partial charge in [-0.2, -0.15) is 0 Å². The fourth-order valence-corrected chi connectivity index (χ4v) is 2.49. The first-order valence-electron chi connectivity index (χ1n) is 6.56. The Hall–Kier alpha value is -2.20. The number of nitrogens with one attached hydrogen (secondary N) is 2. The van der Waals surface area contributed by atoms with E-state index >= 15 is 0 Å². The van der Waals surface area contributed by atoms with Crippen LogP contribution in [0, 0.1) is 5.82 Å². The minimum absolute atomic E-state index is 0.00108. The molecule has 1 aliphatic heterocycles. The van der Waals surface area contributed by atoms with Crippen LogP contribution in [0.2, 0.25) is 0 Å². The topological polar surface area (TPSA) is 41.1 Å². The summed E-state index contributed by atoms with van der Waals surface area (Å²) < 4.78 is 13.4. The van der Waals surface area contributed by atoms with Gasteiger partial charge in [0.2, 0.25) is 5.91 Å². The van der Waals surface area contributed by atoms with Crippen molar-refractivity contribution < 1.29 is 9.18 Å². The van der Waals surface area contributed by atoms with Gasteiger partial charge >= 0.3 is 0 Å². The van der Waals surface area contributed by atoms with Gasteiger partial charge in [0.05, 0.1) is 0 Å². The van der Waals surface area contributed by atoms with Gasteiger partial charge in [0.1, 0.15) is 11.9 Å². The Kier molecular flexibility index (Phi) is 3.24. The van der Waals surface area contributed by atoms with E-state index in [1.807, 2.05) is 37.3 Å². The highest BCUT2D eigenvalue weighted by Crippen LogP contribution is 2.32. The largest absolute Gasteiger partial charge is 0.324 e. The molecule has 3 rings (SSSR count). The van der Waals surface area contributed by atoms with Gasteiger partial charge in [-0.15, -0.1) is 0 Å². The van der Waals surface area contributed by atoms with Crippen LogP contribution < -0.4 is 10.6 Å². The van der Waals surface area contributed by atoms with Crippen molar-refractivity contribution >= 4 is 11.6 Å². The molecule has 2 aromatic carbocycles. The highest BCUT2D eigenvalue weighted by atomic mass is 19.1. The standard InChI is InChI=1S/C16H15FN2O/c1-10(11-5-3-2-4-6-11)18-15-13-9-12(17)7-8-14(13)19-16(15)20/h2-10,15,18H,1H3,(H,19,20). The Morgan fingerprint density at radius 1 is 1.20 bits per heavy atom. The zero-order chi connectivity index (χ0) is 14.1. The first kappa shape index (κ1) is 12.8. The molecular weight excluding hydrogens is 255 g/mol. The second-order valence-electron chi connectivity index (χ2n) is 4.95. The molecule has 0 spiro atoms. The molecule has 1 heterocycles. The van der Waals surface area contributed by atoms with E-state index in [1.165, 1.54) is 12.1 Å². The number of carbonyl (C=O) groups is 1. The van der Waals surface area contributed by atoms with Crippen molar-refractivity contribution in [3.63, 3.8) is 0 Å². The van der Waals surface area contributed by atoms with Crippen LogP contribution in [-0.2, 0) is 4.79 Å². The van der Waals surface area contributed by atoms with Crippen LogP contribution in [0.5, 0.6) is 0 Å². The third-order valence-corrected chi connectivity index (χ3v) is 3.56. The van der Waals surface area contributed by atoms with E-state index < -0.39 is 6.04 Å². The summed E-state index contributed by atoms with van der Waals surface area (Å²) in [6.07, 6.45) is 0. The molecule has 102 valence electrons. The first-order chi connectivity index (χ1) is 9.65. The maximum absolute atomic E-state index is 13.4. The molecule has 0 bridgehead atoms. The number of hydrogen-bond donors (Lipinski definition) is 2. The van der Waals surface area contributed by atoms with E-state index in [9.17, 15) is 9.18 Å². The van der Waals surface area contributed by atoms with Gasteiger partial charge in [0.25, 0.3) is 0 Å². The average Bonchev–Trinajstić information content (AvgIpc) is 2.76. The number of anilines is 1. The highest BCUT2D eigenvalue weighted by molar-refractivity contribution is 6.02. The van der Waals surface area contributed by atoms with Crippen LogP contribution in [0.15, 0.2) is 48.5 Å². The van der Waals surface area contributed by atoms with E-state index in [1.54, 1.807) is 6.07 Å². The maximum Gasteiger partial charge on any atom is 0.246 e. The number of benzene rings is 2. The number of fused-ring (bicyclic) bond motifs is 1. The van der Waals surface area contributed by atoms with E-state index in [-0.39, 0.29) is 17.8 Å². The smallest absolute Gasteiger partial charge is 0.246 e.